The summed E-state index contributed by atoms with van der Waals surface area (Å²) in [6.07, 6.45) is 2.14. The number of nitrogens with two attached hydrogens (primary N) is 1. The molecule has 104 valence electrons. The lowest BCUT2D eigenvalue weighted by atomic mass is 9.92. The van der Waals surface area contributed by atoms with Gasteiger partial charge >= 0.3 is 0 Å². The molecule has 3 aromatic carbocycles. The fraction of sp³-hybridized carbons (Fsp3) is 0.222. The van der Waals surface area contributed by atoms with Gasteiger partial charge in [-0.15, -0.1) is 12.4 Å². The summed E-state index contributed by atoms with van der Waals surface area (Å²) in [5, 5.41) is 5.19. The Bertz CT molecular complexity index is 721. The third-order valence-electron chi connectivity index (χ3n) is 3.80. The molecule has 2 heteroatoms. The second-order valence-corrected chi connectivity index (χ2v) is 5.13. The van der Waals surface area contributed by atoms with Gasteiger partial charge in [0.05, 0.1) is 0 Å². The van der Waals surface area contributed by atoms with Crippen LogP contribution in [0.2, 0.25) is 0 Å². The van der Waals surface area contributed by atoms with Gasteiger partial charge in [-0.2, -0.15) is 0 Å². The molecule has 0 aliphatic rings. The van der Waals surface area contributed by atoms with E-state index in [1.165, 1.54) is 27.1 Å². The predicted octanol–water partition coefficient (Wildman–Crippen LogP) is 5.21. The van der Waals surface area contributed by atoms with Crippen LogP contribution in [0.25, 0.3) is 21.5 Å². The first-order valence-corrected chi connectivity index (χ1v) is 6.97. The van der Waals surface area contributed by atoms with Crippen LogP contribution in [0.4, 0.5) is 0 Å². The van der Waals surface area contributed by atoms with E-state index in [1.807, 2.05) is 0 Å². The molecule has 0 spiro atoms. The van der Waals surface area contributed by atoms with Crippen molar-refractivity contribution in [3.8, 4) is 0 Å². The normalized spacial score (nSPS) is 12.3. The molecule has 2 N–H and O–H groups in total. The van der Waals surface area contributed by atoms with E-state index in [9.17, 15) is 0 Å². The van der Waals surface area contributed by atoms with Crippen LogP contribution in [0.3, 0.4) is 0 Å². The molecule has 0 saturated carbocycles. The van der Waals surface area contributed by atoms with Crippen LogP contribution >= 0.6 is 12.4 Å². The van der Waals surface area contributed by atoms with Gasteiger partial charge < -0.3 is 5.73 Å². The summed E-state index contributed by atoms with van der Waals surface area (Å²) in [4.78, 5) is 0. The third-order valence-corrected chi connectivity index (χ3v) is 3.80. The highest BCUT2D eigenvalue weighted by Gasteiger charge is 2.11. The molecule has 1 nitrogen and oxygen atoms in total. The molecule has 0 fully saturated rings. The predicted molar refractivity (Wildman–Crippen MR) is 90.5 cm³/mol. The van der Waals surface area contributed by atoms with Gasteiger partial charge in [0.25, 0.3) is 0 Å². The van der Waals surface area contributed by atoms with Crippen LogP contribution in [0.1, 0.15) is 31.4 Å². The Balaban J connectivity index is 0.00000147. The highest BCUT2D eigenvalue weighted by atomic mass is 35.5. The minimum absolute atomic E-state index is 0. The summed E-state index contributed by atoms with van der Waals surface area (Å²) in [5.74, 6) is 0. The van der Waals surface area contributed by atoms with Crippen LogP contribution in [-0.2, 0) is 0 Å². The molecule has 0 aromatic heterocycles. The van der Waals surface area contributed by atoms with Crippen LogP contribution in [0, 0.1) is 0 Å². The number of hydrogen-bond acceptors (Lipinski definition) is 1. The molecule has 3 aromatic rings. The molecule has 0 bridgehead atoms. The Morgan fingerprint density at radius 2 is 1.50 bits per heavy atom. The van der Waals surface area contributed by atoms with Gasteiger partial charge in [-0.1, -0.05) is 61.9 Å². The van der Waals surface area contributed by atoms with Crippen molar-refractivity contribution >= 4 is 34.0 Å². The monoisotopic (exact) mass is 285 g/mol. The first-order chi connectivity index (χ1) is 9.31. The topological polar surface area (TPSA) is 26.0 Å². The second-order valence-electron chi connectivity index (χ2n) is 5.13. The molecule has 0 radical (unpaired) electrons. The smallest absolute Gasteiger partial charge is 0.0301 e. The zero-order chi connectivity index (χ0) is 13.2. The lowest BCUT2D eigenvalue weighted by molar-refractivity contribution is 0.643. The Kier molecular flexibility index (Phi) is 4.64. The Morgan fingerprint density at radius 3 is 2.20 bits per heavy atom. The first kappa shape index (κ1) is 14.8. The van der Waals surface area contributed by atoms with E-state index >= 15 is 0 Å². The molecule has 0 saturated heterocycles. The fourth-order valence-corrected chi connectivity index (χ4v) is 2.86. The molecular formula is C18H20ClN. The Morgan fingerprint density at radius 1 is 0.900 bits per heavy atom. The molecule has 0 amide bonds. The zero-order valence-corrected chi connectivity index (χ0v) is 12.5. The van der Waals surface area contributed by atoms with Crippen LogP contribution in [0.5, 0.6) is 0 Å². The standard InChI is InChI=1S/C18H19N.ClH/c1-2-7-18(19)17-12-13-8-3-4-9-14(13)15-10-5-6-11-16(15)17;/h3-6,8-12,18H,2,7,19H2,1H3;1H/t18-;/m0./s1. The van der Waals surface area contributed by atoms with Gasteiger partial charge in [0.2, 0.25) is 0 Å². The van der Waals surface area contributed by atoms with Crippen molar-refractivity contribution < 1.29 is 0 Å². The van der Waals surface area contributed by atoms with Crippen LogP contribution in [0.15, 0.2) is 54.6 Å². The highest BCUT2D eigenvalue weighted by molar-refractivity contribution is 6.09. The average molecular weight is 286 g/mol. The molecular weight excluding hydrogens is 266 g/mol. The van der Waals surface area contributed by atoms with E-state index in [0.29, 0.717) is 0 Å². The fourth-order valence-electron chi connectivity index (χ4n) is 2.86. The Hall–Kier alpha value is -1.57. The van der Waals surface area contributed by atoms with Gasteiger partial charge in [-0.3, -0.25) is 0 Å². The molecule has 3 rings (SSSR count). The van der Waals surface area contributed by atoms with E-state index in [-0.39, 0.29) is 18.4 Å². The van der Waals surface area contributed by atoms with Crippen LogP contribution in [-0.4, -0.2) is 0 Å². The van der Waals surface area contributed by atoms with Gasteiger partial charge in [0, 0.05) is 6.04 Å². The number of halogens is 1. The van der Waals surface area contributed by atoms with Gasteiger partial charge in [0.15, 0.2) is 0 Å². The summed E-state index contributed by atoms with van der Waals surface area (Å²) >= 11 is 0. The largest absolute Gasteiger partial charge is 0.324 e. The maximum absolute atomic E-state index is 6.36. The number of benzene rings is 3. The van der Waals surface area contributed by atoms with Gasteiger partial charge in [0.1, 0.15) is 0 Å². The Labute approximate surface area is 126 Å². The number of hydrogen-bond donors (Lipinski definition) is 1. The highest BCUT2D eigenvalue weighted by Crippen LogP contribution is 2.32. The van der Waals surface area contributed by atoms with Gasteiger partial charge in [-0.05, 0) is 39.6 Å². The van der Waals surface area contributed by atoms with E-state index in [0.717, 1.165) is 12.8 Å². The number of rotatable bonds is 3. The minimum atomic E-state index is 0. The summed E-state index contributed by atoms with van der Waals surface area (Å²) in [6, 6.07) is 19.5. The van der Waals surface area contributed by atoms with Crippen LogP contribution < -0.4 is 5.73 Å². The van der Waals surface area contributed by atoms with Crippen molar-refractivity contribution in [1.82, 2.24) is 0 Å². The van der Waals surface area contributed by atoms with Crippen molar-refractivity contribution in [3.63, 3.8) is 0 Å². The van der Waals surface area contributed by atoms with Crippen molar-refractivity contribution in [2.75, 3.05) is 0 Å². The summed E-state index contributed by atoms with van der Waals surface area (Å²) < 4.78 is 0. The van der Waals surface area contributed by atoms with Gasteiger partial charge in [-0.25, -0.2) is 0 Å². The molecule has 1 atom stereocenters. The molecule has 20 heavy (non-hydrogen) atoms. The molecule has 0 aliphatic heterocycles. The second kappa shape index (κ2) is 6.25. The van der Waals surface area contributed by atoms with Crippen molar-refractivity contribution in [3.05, 3.63) is 60.2 Å². The SMILES string of the molecule is CCC[C@H](N)c1cc2ccccc2c2ccccc12.Cl. The quantitative estimate of drug-likeness (QED) is 0.656. The first-order valence-electron chi connectivity index (χ1n) is 6.97. The lowest BCUT2D eigenvalue weighted by Gasteiger charge is -2.16. The van der Waals surface area contributed by atoms with Crippen molar-refractivity contribution in [2.24, 2.45) is 5.73 Å². The molecule has 0 aliphatic carbocycles. The van der Waals surface area contributed by atoms with Crippen molar-refractivity contribution in [2.45, 2.75) is 25.8 Å². The van der Waals surface area contributed by atoms with E-state index in [4.69, 9.17) is 5.73 Å². The molecule has 0 heterocycles. The average Bonchev–Trinajstić information content (AvgIpc) is 2.46. The summed E-state index contributed by atoms with van der Waals surface area (Å²) in [6.45, 7) is 2.18. The summed E-state index contributed by atoms with van der Waals surface area (Å²) in [5.41, 5.74) is 7.64. The zero-order valence-electron chi connectivity index (χ0n) is 11.7. The third kappa shape index (κ3) is 2.52. The van der Waals surface area contributed by atoms with E-state index in [1.54, 1.807) is 0 Å². The van der Waals surface area contributed by atoms with E-state index < -0.39 is 0 Å². The minimum Gasteiger partial charge on any atom is -0.324 e. The van der Waals surface area contributed by atoms with Crippen molar-refractivity contribution in [1.29, 1.82) is 0 Å². The van der Waals surface area contributed by atoms with E-state index in [2.05, 4.69) is 61.5 Å². The summed E-state index contributed by atoms with van der Waals surface area (Å²) in [7, 11) is 0. The maximum atomic E-state index is 6.36. The maximum Gasteiger partial charge on any atom is 0.0301 e. The lowest BCUT2D eigenvalue weighted by Crippen LogP contribution is -2.10. The number of fused-ring (bicyclic) bond motifs is 3. The molecule has 0 unspecified atom stereocenters.